The fourth-order valence-corrected chi connectivity index (χ4v) is 2.83. The number of aromatic nitrogens is 2. The van der Waals surface area contributed by atoms with Crippen LogP contribution >= 0.6 is 0 Å². The van der Waals surface area contributed by atoms with Crippen molar-refractivity contribution in [2.24, 2.45) is 0 Å². The van der Waals surface area contributed by atoms with Crippen LogP contribution in [0.5, 0.6) is 0 Å². The summed E-state index contributed by atoms with van der Waals surface area (Å²) in [5.74, 6) is 3.80. The number of nitrogens with one attached hydrogen (secondary N) is 1. The van der Waals surface area contributed by atoms with E-state index in [-0.39, 0.29) is 0 Å². The Hall–Kier alpha value is -1.84. The first-order valence-corrected chi connectivity index (χ1v) is 7.46. The molecule has 0 unspecified atom stereocenters. The third-order valence-corrected chi connectivity index (χ3v) is 3.84. The molecule has 1 N–H and O–H groups in total. The van der Waals surface area contributed by atoms with E-state index in [1.807, 2.05) is 19.1 Å². The summed E-state index contributed by atoms with van der Waals surface area (Å²) in [5.41, 5.74) is 1.15. The lowest BCUT2D eigenvalue weighted by atomic mass is 10.0. The van der Waals surface area contributed by atoms with Crippen LogP contribution in [0.3, 0.4) is 0 Å². The van der Waals surface area contributed by atoms with Crippen molar-refractivity contribution in [3.8, 4) is 11.6 Å². The smallest absolute Gasteiger partial charge is 0.197 e. The van der Waals surface area contributed by atoms with E-state index in [0.29, 0.717) is 11.7 Å². The SMILES string of the molecule is CCNc1cc(C2CCCC2)nc(-c2ccc(C)o2)n1. The molecular formula is C16H21N3O. The van der Waals surface area contributed by atoms with E-state index in [9.17, 15) is 0 Å². The van der Waals surface area contributed by atoms with Gasteiger partial charge in [0, 0.05) is 24.2 Å². The third-order valence-electron chi connectivity index (χ3n) is 3.84. The van der Waals surface area contributed by atoms with Gasteiger partial charge in [0.15, 0.2) is 11.6 Å². The molecule has 2 aromatic heterocycles. The van der Waals surface area contributed by atoms with Crippen LogP contribution < -0.4 is 5.32 Å². The van der Waals surface area contributed by atoms with E-state index in [0.717, 1.165) is 29.6 Å². The summed E-state index contributed by atoms with van der Waals surface area (Å²) in [5, 5.41) is 3.30. The highest BCUT2D eigenvalue weighted by Crippen LogP contribution is 2.34. The van der Waals surface area contributed by atoms with Crippen LogP contribution in [0.15, 0.2) is 22.6 Å². The number of nitrogens with zero attached hydrogens (tertiary/aromatic N) is 2. The highest BCUT2D eigenvalue weighted by molar-refractivity contribution is 5.52. The molecule has 0 amide bonds. The molecule has 0 aliphatic heterocycles. The number of rotatable bonds is 4. The van der Waals surface area contributed by atoms with E-state index in [1.54, 1.807) is 0 Å². The second kappa shape index (κ2) is 5.65. The highest BCUT2D eigenvalue weighted by atomic mass is 16.3. The Morgan fingerprint density at radius 3 is 2.70 bits per heavy atom. The van der Waals surface area contributed by atoms with Gasteiger partial charge < -0.3 is 9.73 Å². The third kappa shape index (κ3) is 2.69. The fraction of sp³-hybridized carbons (Fsp3) is 0.500. The lowest BCUT2D eigenvalue weighted by Crippen LogP contribution is -2.05. The van der Waals surface area contributed by atoms with Crippen LogP contribution in [0.1, 0.15) is 50.0 Å². The Balaban J connectivity index is 1.99. The molecule has 0 saturated heterocycles. The minimum atomic E-state index is 0.574. The first-order chi connectivity index (χ1) is 9.76. The predicted molar refractivity (Wildman–Crippen MR) is 79.8 cm³/mol. The van der Waals surface area contributed by atoms with Gasteiger partial charge in [-0.05, 0) is 38.8 Å². The predicted octanol–water partition coefficient (Wildman–Crippen LogP) is 4.13. The topological polar surface area (TPSA) is 51.0 Å². The van der Waals surface area contributed by atoms with E-state index < -0.39 is 0 Å². The molecule has 1 aliphatic carbocycles. The van der Waals surface area contributed by atoms with Gasteiger partial charge in [0.1, 0.15) is 11.6 Å². The van der Waals surface area contributed by atoms with E-state index in [2.05, 4.69) is 23.3 Å². The van der Waals surface area contributed by atoms with Gasteiger partial charge in [-0.3, -0.25) is 0 Å². The van der Waals surface area contributed by atoms with Crippen molar-refractivity contribution in [1.82, 2.24) is 9.97 Å². The van der Waals surface area contributed by atoms with Gasteiger partial charge in [-0.15, -0.1) is 0 Å². The number of hydrogen-bond acceptors (Lipinski definition) is 4. The maximum atomic E-state index is 5.67. The molecule has 0 spiro atoms. The number of anilines is 1. The molecule has 1 aliphatic rings. The van der Waals surface area contributed by atoms with Gasteiger partial charge in [0.2, 0.25) is 0 Å². The second-order valence-electron chi connectivity index (χ2n) is 5.42. The normalized spacial score (nSPS) is 15.7. The maximum Gasteiger partial charge on any atom is 0.197 e. The van der Waals surface area contributed by atoms with Crippen molar-refractivity contribution in [3.63, 3.8) is 0 Å². The monoisotopic (exact) mass is 271 g/mol. The molecule has 20 heavy (non-hydrogen) atoms. The molecular weight excluding hydrogens is 250 g/mol. The highest BCUT2D eigenvalue weighted by Gasteiger charge is 2.20. The first kappa shape index (κ1) is 13.2. The van der Waals surface area contributed by atoms with Gasteiger partial charge in [0.05, 0.1) is 0 Å². The largest absolute Gasteiger partial charge is 0.458 e. The average molecular weight is 271 g/mol. The van der Waals surface area contributed by atoms with Gasteiger partial charge in [-0.25, -0.2) is 9.97 Å². The molecule has 0 atom stereocenters. The summed E-state index contributed by atoms with van der Waals surface area (Å²) in [4.78, 5) is 9.30. The van der Waals surface area contributed by atoms with Crippen LogP contribution in [0, 0.1) is 6.92 Å². The van der Waals surface area contributed by atoms with Crippen LogP contribution in [0.2, 0.25) is 0 Å². The number of hydrogen-bond donors (Lipinski definition) is 1. The Labute approximate surface area is 119 Å². The average Bonchev–Trinajstić information content (AvgIpc) is 3.09. The Morgan fingerprint density at radius 1 is 1.25 bits per heavy atom. The molecule has 0 radical (unpaired) electrons. The maximum absolute atomic E-state index is 5.67. The molecule has 3 rings (SSSR count). The Bertz CT molecular complexity index is 585. The van der Waals surface area contributed by atoms with Crippen molar-refractivity contribution in [1.29, 1.82) is 0 Å². The summed E-state index contributed by atoms with van der Waals surface area (Å²) >= 11 is 0. The summed E-state index contributed by atoms with van der Waals surface area (Å²) in [6.07, 6.45) is 5.08. The lowest BCUT2D eigenvalue weighted by Gasteiger charge is -2.12. The Morgan fingerprint density at radius 2 is 2.05 bits per heavy atom. The number of aryl methyl sites for hydroxylation is 1. The van der Waals surface area contributed by atoms with Crippen LogP contribution in [-0.2, 0) is 0 Å². The van der Waals surface area contributed by atoms with Crippen LogP contribution in [0.4, 0.5) is 5.82 Å². The number of furan rings is 1. The standard InChI is InChI=1S/C16H21N3O/c1-3-17-15-10-13(12-6-4-5-7-12)18-16(19-15)14-9-8-11(2)20-14/h8-10,12H,3-7H2,1-2H3,(H,17,18,19). The van der Waals surface area contributed by atoms with Crippen LogP contribution in [0.25, 0.3) is 11.6 Å². The van der Waals surface area contributed by atoms with Crippen molar-refractivity contribution >= 4 is 5.82 Å². The van der Waals surface area contributed by atoms with Gasteiger partial charge in [0.25, 0.3) is 0 Å². The van der Waals surface area contributed by atoms with Crippen molar-refractivity contribution in [3.05, 3.63) is 29.7 Å². The van der Waals surface area contributed by atoms with E-state index in [4.69, 9.17) is 9.40 Å². The van der Waals surface area contributed by atoms with Crippen molar-refractivity contribution in [2.75, 3.05) is 11.9 Å². The molecule has 2 heterocycles. The molecule has 0 bridgehead atoms. The second-order valence-corrected chi connectivity index (χ2v) is 5.42. The summed E-state index contributed by atoms with van der Waals surface area (Å²) in [6.45, 7) is 4.88. The molecule has 106 valence electrons. The van der Waals surface area contributed by atoms with E-state index >= 15 is 0 Å². The van der Waals surface area contributed by atoms with Crippen LogP contribution in [-0.4, -0.2) is 16.5 Å². The quantitative estimate of drug-likeness (QED) is 0.908. The minimum Gasteiger partial charge on any atom is -0.458 e. The molecule has 0 aromatic carbocycles. The molecule has 1 saturated carbocycles. The Kier molecular flexibility index (Phi) is 3.72. The zero-order valence-electron chi connectivity index (χ0n) is 12.1. The van der Waals surface area contributed by atoms with Gasteiger partial charge in [-0.2, -0.15) is 0 Å². The minimum absolute atomic E-state index is 0.574. The summed E-state index contributed by atoms with van der Waals surface area (Å²) < 4.78 is 5.67. The van der Waals surface area contributed by atoms with Gasteiger partial charge in [-0.1, -0.05) is 12.8 Å². The van der Waals surface area contributed by atoms with Crippen molar-refractivity contribution in [2.45, 2.75) is 45.4 Å². The zero-order chi connectivity index (χ0) is 13.9. The van der Waals surface area contributed by atoms with Gasteiger partial charge >= 0.3 is 0 Å². The molecule has 4 nitrogen and oxygen atoms in total. The summed E-state index contributed by atoms with van der Waals surface area (Å²) in [6, 6.07) is 5.99. The van der Waals surface area contributed by atoms with Crippen molar-refractivity contribution < 1.29 is 4.42 Å². The van der Waals surface area contributed by atoms with E-state index in [1.165, 1.54) is 25.7 Å². The first-order valence-electron chi connectivity index (χ1n) is 7.46. The molecule has 1 fully saturated rings. The molecule has 4 heteroatoms. The molecule has 2 aromatic rings. The lowest BCUT2D eigenvalue weighted by molar-refractivity contribution is 0.543. The summed E-state index contributed by atoms with van der Waals surface area (Å²) in [7, 11) is 0. The zero-order valence-corrected chi connectivity index (χ0v) is 12.1. The fourth-order valence-electron chi connectivity index (χ4n) is 2.83.